The highest BCUT2D eigenvalue weighted by molar-refractivity contribution is 6.32. The number of nitrogens with one attached hydrogen (secondary N) is 3. The van der Waals surface area contributed by atoms with Crippen molar-refractivity contribution in [3.05, 3.63) is 83.3 Å². The average molecular weight is 570 g/mol. The Kier molecular flexibility index (Phi) is 7.68. The van der Waals surface area contributed by atoms with E-state index in [1.807, 2.05) is 30.5 Å². The lowest BCUT2D eigenvalue weighted by Gasteiger charge is -2.31. The van der Waals surface area contributed by atoms with Gasteiger partial charge in [-0.2, -0.15) is 4.98 Å². The van der Waals surface area contributed by atoms with Gasteiger partial charge in [0.25, 0.3) is 5.91 Å². The summed E-state index contributed by atoms with van der Waals surface area (Å²) in [4.78, 5) is 48.8. The fourth-order valence-electron chi connectivity index (χ4n) is 5.13. The van der Waals surface area contributed by atoms with Crippen LogP contribution in [0.1, 0.15) is 40.9 Å². The van der Waals surface area contributed by atoms with Gasteiger partial charge in [-0.25, -0.2) is 9.97 Å². The van der Waals surface area contributed by atoms with Crippen LogP contribution in [0.3, 0.4) is 0 Å². The van der Waals surface area contributed by atoms with Gasteiger partial charge in [0.2, 0.25) is 11.9 Å². The van der Waals surface area contributed by atoms with E-state index in [0.717, 1.165) is 47.5 Å². The maximum atomic E-state index is 13.1. The van der Waals surface area contributed by atoms with E-state index in [1.54, 1.807) is 23.5 Å². The molecule has 0 atom stereocenters. The predicted octanol–water partition coefficient (Wildman–Crippen LogP) is 4.78. The number of fused-ring (bicyclic) bond motifs is 6. The molecule has 5 heterocycles. The number of rotatable bonds is 4. The Morgan fingerprint density at radius 1 is 0.951 bits per heavy atom. The molecule has 208 valence electrons. The van der Waals surface area contributed by atoms with Crippen molar-refractivity contribution in [3.63, 3.8) is 0 Å². The third-order valence-electron chi connectivity index (χ3n) is 7.28. The lowest BCUT2D eigenvalue weighted by molar-refractivity contribution is -0.117. The maximum absolute atomic E-state index is 13.1. The molecule has 41 heavy (non-hydrogen) atoms. The summed E-state index contributed by atoms with van der Waals surface area (Å²) in [6.45, 7) is 1.18. The van der Waals surface area contributed by atoms with Gasteiger partial charge < -0.3 is 20.9 Å². The number of benzene rings is 1. The van der Waals surface area contributed by atoms with Gasteiger partial charge in [-0.15, -0.1) is 0 Å². The van der Waals surface area contributed by atoms with Gasteiger partial charge in [-0.05, 0) is 67.0 Å². The van der Waals surface area contributed by atoms with Gasteiger partial charge in [0.15, 0.2) is 5.82 Å². The molecule has 3 aromatic heterocycles. The first kappa shape index (κ1) is 26.6. The van der Waals surface area contributed by atoms with Crippen LogP contribution >= 0.6 is 11.6 Å². The molecule has 0 unspecified atom stereocenters. The molecule has 1 fully saturated rings. The number of aromatic nitrogens is 5. The second kappa shape index (κ2) is 11.8. The fraction of sp³-hybridized carbons (Fsp3) is 0.276. The number of piperidine rings is 1. The van der Waals surface area contributed by atoms with Crippen LogP contribution in [-0.2, 0) is 17.6 Å². The molecule has 1 saturated heterocycles. The molecule has 11 nitrogen and oxygen atoms in total. The predicted molar refractivity (Wildman–Crippen MR) is 156 cm³/mol. The highest BCUT2D eigenvalue weighted by atomic mass is 35.5. The molecule has 6 bridgehead atoms. The molecule has 4 aromatic rings. The van der Waals surface area contributed by atoms with Crippen molar-refractivity contribution >= 4 is 52.2 Å². The van der Waals surface area contributed by atoms with Crippen LogP contribution in [0.2, 0.25) is 5.02 Å². The largest absolute Gasteiger partial charge is 0.339 e. The topological polar surface area (TPSA) is 138 Å². The van der Waals surface area contributed by atoms with E-state index in [-0.39, 0.29) is 17.7 Å². The summed E-state index contributed by atoms with van der Waals surface area (Å²) < 4.78 is 0. The number of amides is 2. The van der Waals surface area contributed by atoms with Gasteiger partial charge in [0.1, 0.15) is 10.7 Å². The first-order valence-corrected chi connectivity index (χ1v) is 13.9. The lowest BCUT2D eigenvalue weighted by atomic mass is 9.93. The van der Waals surface area contributed by atoms with Crippen molar-refractivity contribution in [1.82, 2.24) is 29.8 Å². The third-order valence-corrected chi connectivity index (χ3v) is 7.55. The van der Waals surface area contributed by atoms with Gasteiger partial charge in [-0.1, -0.05) is 11.6 Å². The molecule has 2 aliphatic heterocycles. The van der Waals surface area contributed by atoms with Crippen molar-refractivity contribution in [2.45, 2.75) is 32.1 Å². The summed E-state index contributed by atoms with van der Waals surface area (Å²) in [7, 11) is 0. The number of anilines is 5. The lowest BCUT2D eigenvalue weighted by Crippen LogP contribution is -2.39. The smallest absolute Gasteiger partial charge is 0.274 e. The minimum atomic E-state index is -0.120. The van der Waals surface area contributed by atoms with E-state index >= 15 is 0 Å². The summed E-state index contributed by atoms with van der Waals surface area (Å²) >= 11 is 6.37. The Balaban J connectivity index is 1.14. The van der Waals surface area contributed by atoms with Crippen LogP contribution in [0.25, 0.3) is 0 Å². The molecule has 6 rings (SSSR count). The van der Waals surface area contributed by atoms with E-state index in [4.69, 9.17) is 11.6 Å². The zero-order chi connectivity index (χ0) is 28.2. The monoisotopic (exact) mass is 569 g/mol. The Morgan fingerprint density at radius 2 is 1.83 bits per heavy atom. The van der Waals surface area contributed by atoms with E-state index in [2.05, 4.69) is 40.9 Å². The number of pyridine rings is 1. The molecular weight excluding hydrogens is 542 g/mol. The second-order valence-electron chi connectivity index (χ2n) is 10.2. The van der Waals surface area contributed by atoms with E-state index in [9.17, 15) is 9.59 Å². The molecule has 3 N–H and O–H groups in total. The Bertz CT molecular complexity index is 1580. The zero-order valence-corrected chi connectivity index (χ0v) is 22.9. The van der Waals surface area contributed by atoms with Gasteiger partial charge >= 0.3 is 0 Å². The summed E-state index contributed by atoms with van der Waals surface area (Å²) in [5.74, 6) is 0.912. The summed E-state index contributed by atoms with van der Waals surface area (Å²) in [6.07, 6.45) is 13.0. The molecular formula is C29H28ClN9O2. The normalized spacial score (nSPS) is 14.9. The Labute approximate surface area is 241 Å². The summed E-state index contributed by atoms with van der Waals surface area (Å²) in [6, 6.07) is 7.81. The third kappa shape index (κ3) is 6.41. The minimum Gasteiger partial charge on any atom is -0.339 e. The van der Waals surface area contributed by atoms with Crippen LogP contribution in [-0.4, -0.2) is 54.7 Å². The zero-order valence-electron chi connectivity index (χ0n) is 22.2. The molecule has 2 amide bonds. The number of aryl methyl sites for hydroxylation is 2. The number of nitrogens with zero attached hydrogens (tertiary/aromatic N) is 6. The molecule has 0 radical (unpaired) electrons. The van der Waals surface area contributed by atoms with Gasteiger partial charge in [-0.3, -0.25) is 19.6 Å². The average Bonchev–Trinajstić information content (AvgIpc) is 2.99. The molecule has 12 heteroatoms. The highest BCUT2D eigenvalue weighted by Gasteiger charge is 2.26. The molecule has 0 spiro atoms. The van der Waals surface area contributed by atoms with Crippen LogP contribution in [0.4, 0.5) is 28.8 Å². The number of hydrogen-bond acceptors (Lipinski definition) is 9. The molecule has 0 saturated carbocycles. The molecule has 2 aliphatic rings. The molecule has 1 aromatic carbocycles. The highest BCUT2D eigenvalue weighted by Crippen LogP contribution is 2.30. The van der Waals surface area contributed by atoms with Crippen molar-refractivity contribution in [2.75, 3.05) is 29.0 Å². The van der Waals surface area contributed by atoms with Crippen molar-refractivity contribution in [3.8, 4) is 0 Å². The Hall–Kier alpha value is -4.64. The van der Waals surface area contributed by atoms with Crippen LogP contribution in [0.15, 0.2) is 61.4 Å². The number of carbonyl (C=O) groups is 2. The van der Waals surface area contributed by atoms with Crippen molar-refractivity contribution < 1.29 is 9.59 Å². The SMILES string of the molecule is O=C(CC1CCN(C(=O)c2cnccn2)CC1)Nc1ccc2cc1CCc1cncc(c1)Nc1ncc(Cl)c(n1)N2. The summed E-state index contributed by atoms with van der Waals surface area (Å²) in [5.41, 5.74) is 4.71. The number of hydrogen-bond donors (Lipinski definition) is 3. The van der Waals surface area contributed by atoms with Gasteiger partial charge in [0, 0.05) is 49.5 Å². The quantitative estimate of drug-likeness (QED) is 0.317. The Morgan fingerprint density at radius 3 is 2.66 bits per heavy atom. The van der Waals surface area contributed by atoms with Crippen molar-refractivity contribution in [2.24, 2.45) is 5.92 Å². The first-order chi connectivity index (χ1) is 20.0. The van der Waals surface area contributed by atoms with Gasteiger partial charge in [0.05, 0.1) is 24.3 Å². The summed E-state index contributed by atoms with van der Waals surface area (Å²) in [5, 5.41) is 9.98. The number of halogens is 1. The first-order valence-electron chi connectivity index (χ1n) is 13.5. The number of carbonyl (C=O) groups excluding carboxylic acids is 2. The maximum Gasteiger partial charge on any atom is 0.274 e. The molecule has 0 aliphatic carbocycles. The standard InChI is InChI=1S/C29H28ClN9O2/c30-23-16-34-29-36-22-11-19(14-32-15-22)1-2-20-13-21(35-27(23)38-29)3-4-24(20)37-26(40)12-18-5-9-39(10-6-18)28(41)25-17-31-7-8-33-25/h3-4,7-8,11,13-18H,1-2,5-6,9-10,12H2,(H,37,40)(H2,34,35,36,38). The fourth-order valence-corrected chi connectivity index (χ4v) is 5.27. The number of likely N-dealkylation sites (tertiary alicyclic amines) is 1. The van der Waals surface area contributed by atoms with Crippen LogP contribution in [0.5, 0.6) is 0 Å². The van der Waals surface area contributed by atoms with Crippen molar-refractivity contribution in [1.29, 1.82) is 0 Å². The minimum absolute atomic E-state index is 0.0417. The van der Waals surface area contributed by atoms with Crippen LogP contribution in [0, 0.1) is 5.92 Å². The van der Waals surface area contributed by atoms with E-state index in [1.165, 1.54) is 12.4 Å². The van der Waals surface area contributed by atoms with E-state index in [0.29, 0.717) is 48.4 Å². The second-order valence-corrected chi connectivity index (χ2v) is 10.6. The van der Waals surface area contributed by atoms with E-state index < -0.39 is 0 Å². The van der Waals surface area contributed by atoms with Crippen LogP contribution < -0.4 is 16.0 Å².